The van der Waals surface area contributed by atoms with Gasteiger partial charge in [-0.05, 0) is 75.4 Å². The highest BCUT2D eigenvalue weighted by Crippen LogP contribution is 2.23. The molecule has 3 aromatic carbocycles. The zero-order chi connectivity index (χ0) is 30.2. The number of carbonyl (C=O) groups is 2. The molecule has 0 radical (unpaired) electrons. The van der Waals surface area contributed by atoms with Gasteiger partial charge in [-0.3, -0.25) is 13.9 Å². The zero-order valence-electron chi connectivity index (χ0n) is 25.1. The van der Waals surface area contributed by atoms with Gasteiger partial charge in [-0.15, -0.1) is 0 Å². The van der Waals surface area contributed by atoms with Crippen LogP contribution in [0.1, 0.15) is 54.5 Å². The van der Waals surface area contributed by atoms with Crippen LogP contribution < -0.4 is 9.62 Å². The van der Waals surface area contributed by atoms with Crippen LogP contribution in [0.15, 0.2) is 72.8 Å². The molecule has 0 fully saturated rings. The summed E-state index contributed by atoms with van der Waals surface area (Å²) >= 11 is 0. The summed E-state index contributed by atoms with van der Waals surface area (Å²) in [5.41, 5.74) is 5.61. The van der Waals surface area contributed by atoms with E-state index >= 15 is 0 Å². The summed E-state index contributed by atoms with van der Waals surface area (Å²) in [6, 6.07) is 22.3. The van der Waals surface area contributed by atoms with Crippen molar-refractivity contribution in [1.82, 2.24) is 10.2 Å². The molecule has 8 heteroatoms. The van der Waals surface area contributed by atoms with E-state index in [2.05, 4.69) is 5.32 Å². The number of sulfonamides is 1. The molecule has 0 bridgehead atoms. The lowest BCUT2D eigenvalue weighted by Gasteiger charge is -2.32. The number of hydrogen-bond donors (Lipinski definition) is 1. The molecule has 220 valence electrons. The second-order valence-electron chi connectivity index (χ2n) is 11.1. The summed E-state index contributed by atoms with van der Waals surface area (Å²) in [5.74, 6) is -0.405. The molecule has 3 rings (SSSR count). The summed E-state index contributed by atoms with van der Waals surface area (Å²) in [5, 5.41) is 3.00. The molecule has 41 heavy (non-hydrogen) atoms. The van der Waals surface area contributed by atoms with Crippen molar-refractivity contribution >= 4 is 27.5 Å². The zero-order valence-corrected chi connectivity index (χ0v) is 25.9. The summed E-state index contributed by atoms with van der Waals surface area (Å²) in [6.07, 6.45) is 1.96. The third-order valence-corrected chi connectivity index (χ3v) is 8.26. The van der Waals surface area contributed by atoms with Gasteiger partial charge >= 0.3 is 0 Å². The monoisotopic (exact) mass is 577 g/mol. The molecule has 7 nitrogen and oxygen atoms in total. The van der Waals surface area contributed by atoms with Crippen LogP contribution in [0.25, 0.3) is 0 Å². The number of aryl methyl sites for hydroxylation is 3. The van der Waals surface area contributed by atoms with Crippen LogP contribution >= 0.6 is 0 Å². The van der Waals surface area contributed by atoms with Gasteiger partial charge in [-0.1, -0.05) is 66.2 Å². The van der Waals surface area contributed by atoms with Gasteiger partial charge in [-0.25, -0.2) is 8.42 Å². The maximum Gasteiger partial charge on any atom is 0.243 e. The van der Waals surface area contributed by atoms with Crippen molar-refractivity contribution in [1.29, 1.82) is 0 Å². The van der Waals surface area contributed by atoms with Crippen molar-refractivity contribution in [2.24, 2.45) is 0 Å². The first-order valence-corrected chi connectivity index (χ1v) is 15.9. The van der Waals surface area contributed by atoms with Crippen molar-refractivity contribution in [3.63, 3.8) is 0 Å². The van der Waals surface area contributed by atoms with E-state index < -0.39 is 16.1 Å². The fourth-order valence-corrected chi connectivity index (χ4v) is 5.78. The highest BCUT2D eigenvalue weighted by Gasteiger charge is 2.31. The molecule has 0 saturated carbocycles. The second kappa shape index (κ2) is 14.3. The molecule has 0 spiro atoms. The van der Waals surface area contributed by atoms with Gasteiger partial charge in [0.15, 0.2) is 0 Å². The predicted octanol–water partition coefficient (Wildman–Crippen LogP) is 5.32. The van der Waals surface area contributed by atoms with Crippen LogP contribution in [-0.4, -0.2) is 50.0 Å². The predicted molar refractivity (Wildman–Crippen MR) is 166 cm³/mol. The molecule has 0 saturated heterocycles. The van der Waals surface area contributed by atoms with Gasteiger partial charge in [-0.2, -0.15) is 0 Å². The number of amides is 2. The van der Waals surface area contributed by atoms with E-state index in [-0.39, 0.29) is 37.4 Å². The number of anilines is 1. The van der Waals surface area contributed by atoms with E-state index in [9.17, 15) is 18.0 Å². The number of rotatable bonds is 13. The lowest BCUT2D eigenvalue weighted by Crippen LogP contribution is -2.51. The molecule has 0 heterocycles. The Labute approximate surface area is 245 Å². The van der Waals surface area contributed by atoms with Crippen LogP contribution in [0, 0.1) is 20.8 Å². The third-order valence-electron chi connectivity index (χ3n) is 7.07. The largest absolute Gasteiger partial charge is 0.352 e. The maximum atomic E-state index is 13.9. The molecular formula is C33H43N3O4S. The molecule has 3 aromatic rings. The quantitative estimate of drug-likeness (QED) is 0.298. The molecule has 0 aromatic heterocycles. The van der Waals surface area contributed by atoms with Crippen LogP contribution in [0.4, 0.5) is 5.69 Å². The van der Waals surface area contributed by atoms with Gasteiger partial charge in [0.25, 0.3) is 0 Å². The Morgan fingerprint density at radius 3 is 2.15 bits per heavy atom. The first-order chi connectivity index (χ1) is 19.3. The topological polar surface area (TPSA) is 86.8 Å². The molecule has 0 aliphatic rings. The van der Waals surface area contributed by atoms with Crippen molar-refractivity contribution in [2.45, 2.75) is 72.5 Å². The van der Waals surface area contributed by atoms with Gasteiger partial charge in [0, 0.05) is 32.0 Å². The van der Waals surface area contributed by atoms with Crippen molar-refractivity contribution in [3.05, 3.63) is 101 Å². The van der Waals surface area contributed by atoms with Gasteiger partial charge in [0.2, 0.25) is 21.8 Å². The fourth-order valence-electron chi connectivity index (χ4n) is 4.83. The highest BCUT2D eigenvalue weighted by atomic mass is 32.2. The summed E-state index contributed by atoms with van der Waals surface area (Å²) in [6.45, 7) is 10.2. The average Bonchev–Trinajstić information content (AvgIpc) is 2.89. The highest BCUT2D eigenvalue weighted by molar-refractivity contribution is 7.92. The third kappa shape index (κ3) is 9.46. The molecule has 1 atom stereocenters. The maximum absolute atomic E-state index is 13.9. The number of hydrogen-bond acceptors (Lipinski definition) is 4. The second-order valence-corrected chi connectivity index (χ2v) is 13.0. The van der Waals surface area contributed by atoms with E-state index in [1.165, 1.54) is 10.6 Å². The van der Waals surface area contributed by atoms with E-state index in [0.717, 1.165) is 27.8 Å². The normalized spacial score (nSPS) is 12.2. The van der Waals surface area contributed by atoms with E-state index in [4.69, 9.17) is 0 Å². The first-order valence-electron chi connectivity index (χ1n) is 14.1. The van der Waals surface area contributed by atoms with Crippen LogP contribution in [-0.2, 0) is 32.6 Å². The Morgan fingerprint density at radius 1 is 0.854 bits per heavy atom. The number of nitrogens with one attached hydrogen (secondary N) is 1. The van der Waals surface area contributed by atoms with E-state index in [1.54, 1.807) is 11.0 Å². The fraction of sp³-hybridized carbons (Fsp3) is 0.394. The van der Waals surface area contributed by atoms with Gasteiger partial charge in [0.05, 0.1) is 11.9 Å². The lowest BCUT2D eigenvalue weighted by atomic mass is 10.0. The van der Waals surface area contributed by atoms with Gasteiger partial charge < -0.3 is 10.2 Å². The molecule has 0 aliphatic heterocycles. The van der Waals surface area contributed by atoms with Crippen LogP contribution in [0.3, 0.4) is 0 Å². The molecule has 0 aliphatic carbocycles. The average molecular weight is 578 g/mol. The summed E-state index contributed by atoms with van der Waals surface area (Å²) < 4.78 is 26.7. The van der Waals surface area contributed by atoms with Crippen LogP contribution in [0.2, 0.25) is 0 Å². The molecule has 1 N–H and O–H groups in total. The Kier molecular flexibility index (Phi) is 11.1. The number of nitrogens with zero attached hydrogens (tertiary/aromatic N) is 2. The number of carbonyl (C=O) groups excluding carboxylic acids is 2. The minimum atomic E-state index is -3.56. The minimum Gasteiger partial charge on any atom is -0.352 e. The Hall–Kier alpha value is -3.65. The van der Waals surface area contributed by atoms with Crippen molar-refractivity contribution < 1.29 is 18.0 Å². The molecular weight excluding hydrogens is 534 g/mol. The first kappa shape index (κ1) is 31.9. The van der Waals surface area contributed by atoms with Crippen molar-refractivity contribution in [2.75, 3.05) is 17.1 Å². The Balaban J connectivity index is 1.89. The molecule has 0 unspecified atom stereocenters. The van der Waals surface area contributed by atoms with E-state index in [0.29, 0.717) is 18.5 Å². The lowest BCUT2D eigenvalue weighted by molar-refractivity contribution is -0.141. The summed E-state index contributed by atoms with van der Waals surface area (Å²) in [7, 11) is -3.56. The van der Waals surface area contributed by atoms with Gasteiger partial charge in [0.1, 0.15) is 6.04 Å². The van der Waals surface area contributed by atoms with E-state index in [1.807, 2.05) is 101 Å². The standard InChI is InChI=1S/C33H43N3O4S/c1-24(2)34-33(38)31(22-28-13-8-7-9-14-28)35(23-29-15-10-12-25(3)20-29)32(37)16-11-19-36(41(6,39)40)30-18-17-26(4)27(5)21-30/h7-10,12-15,17-18,20-21,24,31H,11,16,19,22-23H2,1-6H3,(H,34,38)/t31-/m0/s1. The Bertz CT molecular complexity index is 1440. The molecule has 2 amide bonds. The summed E-state index contributed by atoms with van der Waals surface area (Å²) in [4.78, 5) is 29.1. The number of benzene rings is 3. The smallest absolute Gasteiger partial charge is 0.243 e. The SMILES string of the molecule is Cc1cccc(CN(C(=O)CCCN(c2ccc(C)c(C)c2)S(C)(=O)=O)[C@@H](Cc2ccccc2)C(=O)NC(C)C)c1. The Morgan fingerprint density at radius 2 is 1.54 bits per heavy atom. The van der Waals surface area contributed by atoms with Crippen LogP contribution in [0.5, 0.6) is 0 Å². The minimum absolute atomic E-state index is 0.0852. The van der Waals surface area contributed by atoms with Crippen molar-refractivity contribution in [3.8, 4) is 0 Å².